The van der Waals surface area contributed by atoms with Gasteiger partial charge in [0.05, 0.1) is 44.5 Å². The van der Waals surface area contributed by atoms with Crippen molar-refractivity contribution >= 4 is 65.4 Å². The number of hydrogen-bond acceptors (Lipinski definition) is 2. The van der Waals surface area contributed by atoms with Crippen LogP contribution in [0.1, 0.15) is 25.0 Å². The maximum Gasteiger partial charge on any atom is 0.235 e. The molecular formula is C61H41N5. The Morgan fingerprint density at radius 2 is 0.803 bits per heavy atom. The number of benzene rings is 9. The molecule has 1 aliphatic rings. The Kier molecular flexibility index (Phi) is 7.68. The molecule has 14 rings (SSSR count). The SMILES string of the molecule is CC1(C)c2ccccc2-c2cc(-n3c4ccccc4c4c5c6ccccc6n(-c6ccc7c8ccccc8n(-c8nc(-c9ccccc9)cc(-c9ccccc9)n8)c7c6)c5ccc43)ccc21. The zero-order chi connectivity index (χ0) is 43.7. The first-order valence-electron chi connectivity index (χ1n) is 22.8. The summed E-state index contributed by atoms with van der Waals surface area (Å²) in [7, 11) is 0. The quantitative estimate of drug-likeness (QED) is 0.173. The molecule has 4 aromatic heterocycles. The minimum atomic E-state index is -0.0546. The maximum absolute atomic E-state index is 5.33. The van der Waals surface area contributed by atoms with E-state index in [2.05, 4.69) is 228 Å². The zero-order valence-corrected chi connectivity index (χ0v) is 36.4. The first kappa shape index (κ1) is 36.9. The van der Waals surface area contributed by atoms with Gasteiger partial charge in [0.2, 0.25) is 5.95 Å². The van der Waals surface area contributed by atoms with E-state index in [1.54, 1.807) is 0 Å². The van der Waals surface area contributed by atoms with E-state index in [1.807, 2.05) is 12.1 Å². The van der Waals surface area contributed by atoms with Gasteiger partial charge < -0.3 is 9.13 Å². The Morgan fingerprint density at radius 3 is 1.42 bits per heavy atom. The lowest BCUT2D eigenvalue weighted by atomic mass is 9.82. The average Bonchev–Trinajstić information content (AvgIpc) is 4.07. The zero-order valence-electron chi connectivity index (χ0n) is 36.4. The molecule has 0 bridgehead atoms. The Morgan fingerprint density at radius 1 is 0.333 bits per heavy atom. The van der Waals surface area contributed by atoms with Crippen molar-refractivity contribution in [2.75, 3.05) is 0 Å². The van der Waals surface area contributed by atoms with E-state index in [-0.39, 0.29) is 5.41 Å². The third-order valence-corrected chi connectivity index (χ3v) is 14.3. The normalized spacial score (nSPS) is 13.1. The van der Waals surface area contributed by atoms with Crippen LogP contribution >= 0.6 is 0 Å². The van der Waals surface area contributed by atoms with E-state index in [1.165, 1.54) is 60.5 Å². The standard InChI is InChI=1S/C61H41N5/c1-61(2)48-25-13-9-21-42(48)47-35-40(30-32-49(47)61)64-53-27-15-11-23-45(53)58-55(64)33-34-56-59(58)46-24-12-16-28-54(46)65(56)41-29-31-44-43-22-10-14-26-52(43)66(57(44)36-41)60-62-50(38-17-5-3-6-18-38)37-51(63-60)39-19-7-4-8-20-39/h3-37H,1-2H3. The number of para-hydroxylation sites is 3. The molecule has 9 aromatic carbocycles. The topological polar surface area (TPSA) is 40.6 Å². The fourth-order valence-electron chi connectivity index (χ4n) is 11.3. The monoisotopic (exact) mass is 843 g/mol. The van der Waals surface area contributed by atoms with Gasteiger partial charge in [-0.25, -0.2) is 9.97 Å². The van der Waals surface area contributed by atoms with Crippen molar-refractivity contribution in [3.8, 4) is 51.0 Å². The Hall–Kier alpha value is -8.54. The van der Waals surface area contributed by atoms with Crippen molar-refractivity contribution in [1.82, 2.24) is 23.7 Å². The molecule has 0 fully saturated rings. The molecule has 0 amide bonds. The summed E-state index contributed by atoms with van der Waals surface area (Å²) >= 11 is 0. The lowest BCUT2D eigenvalue weighted by molar-refractivity contribution is 0.660. The van der Waals surface area contributed by atoms with Crippen LogP contribution in [0.25, 0.3) is 116 Å². The van der Waals surface area contributed by atoms with Gasteiger partial charge in [-0.1, -0.05) is 166 Å². The van der Waals surface area contributed by atoms with Gasteiger partial charge in [-0.2, -0.15) is 0 Å². The van der Waals surface area contributed by atoms with Gasteiger partial charge in [-0.15, -0.1) is 0 Å². The van der Waals surface area contributed by atoms with E-state index in [0.29, 0.717) is 5.95 Å². The third kappa shape index (κ3) is 5.16. The van der Waals surface area contributed by atoms with Crippen LogP contribution in [0.5, 0.6) is 0 Å². The fourth-order valence-corrected chi connectivity index (χ4v) is 11.3. The molecule has 0 saturated carbocycles. The van der Waals surface area contributed by atoms with Crippen molar-refractivity contribution in [2.45, 2.75) is 19.3 Å². The first-order chi connectivity index (χ1) is 32.5. The largest absolute Gasteiger partial charge is 0.309 e. The van der Waals surface area contributed by atoms with E-state index in [9.17, 15) is 0 Å². The second-order valence-corrected chi connectivity index (χ2v) is 18.2. The van der Waals surface area contributed by atoms with Crippen LogP contribution in [-0.2, 0) is 5.41 Å². The van der Waals surface area contributed by atoms with Gasteiger partial charge >= 0.3 is 0 Å². The van der Waals surface area contributed by atoms with E-state index >= 15 is 0 Å². The molecule has 4 heterocycles. The number of hydrogen-bond donors (Lipinski definition) is 0. The highest BCUT2D eigenvalue weighted by Gasteiger charge is 2.35. The summed E-state index contributed by atoms with van der Waals surface area (Å²) < 4.78 is 7.17. The van der Waals surface area contributed by atoms with E-state index in [0.717, 1.165) is 61.0 Å². The van der Waals surface area contributed by atoms with Gasteiger partial charge in [0, 0.05) is 60.2 Å². The Bertz CT molecular complexity index is 4070. The molecule has 5 nitrogen and oxygen atoms in total. The van der Waals surface area contributed by atoms with Crippen LogP contribution in [0.2, 0.25) is 0 Å². The van der Waals surface area contributed by atoms with E-state index in [4.69, 9.17) is 9.97 Å². The summed E-state index contributed by atoms with van der Waals surface area (Å²) in [6.45, 7) is 4.70. The predicted octanol–water partition coefficient (Wildman–Crippen LogP) is 15.4. The summed E-state index contributed by atoms with van der Waals surface area (Å²) in [5, 5.41) is 7.27. The molecule has 5 heteroatoms. The Balaban J connectivity index is 1.02. The third-order valence-electron chi connectivity index (χ3n) is 14.3. The van der Waals surface area contributed by atoms with Gasteiger partial charge in [-0.05, 0) is 82.9 Å². The van der Waals surface area contributed by atoms with Crippen molar-refractivity contribution in [3.63, 3.8) is 0 Å². The second-order valence-electron chi connectivity index (χ2n) is 18.2. The van der Waals surface area contributed by atoms with Crippen molar-refractivity contribution in [3.05, 3.63) is 223 Å². The van der Waals surface area contributed by atoms with Crippen LogP contribution in [0.15, 0.2) is 212 Å². The molecule has 0 unspecified atom stereocenters. The predicted molar refractivity (Wildman–Crippen MR) is 273 cm³/mol. The molecule has 0 radical (unpaired) electrons. The molecule has 0 N–H and O–H groups in total. The molecular weight excluding hydrogens is 803 g/mol. The van der Waals surface area contributed by atoms with Gasteiger partial charge in [0.25, 0.3) is 0 Å². The van der Waals surface area contributed by atoms with Crippen LogP contribution in [0.3, 0.4) is 0 Å². The first-order valence-corrected chi connectivity index (χ1v) is 22.8. The van der Waals surface area contributed by atoms with Gasteiger partial charge in [-0.3, -0.25) is 4.57 Å². The van der Waals surface area contributed by atoms with Gasteiger partial charge in [0.1, 0.15) is 0 Å². The van der Waals surface area contributed by atoms with Crippen LogP contribution < -0.4 is 0 Å². The number of fused-ring (bicyclic) bond motifs is 13. The number of nitrogens with zero attached hydrogens (tertiary/aromatic N) is 5. The summed E-state index contributed by atoms with van der Waals surface area (Å²) in [5.41, 5.74) is 18.2. The molecule has 1 aliphatic carbocycles. The van der Waals surface area contributed by atoms with Crippen molar-refractivity contribution in [1.29, 1.82) is 0 Å². The molecule has 0 spiro atoms. The molecule has 0 aliphatic heterocycles. The van der Waals surface area contributed by atoms with Crippen molar-refractivity contribution < 1.29 is 0 Å². The van der Waals surface area contributed by atoms with Crippen LogP contribution in [-0.4, -0.2) is 23.7 Å². The molecule has 0 saturated heterocycles. The lowest BCUT2D eigenvalue weighted by Gasteiger charge is -2.21. The van der Waals surface area contributed by atoms with Crippen molar-refractivity contribution in [2.24, 2.45) is 0 Å². The lowest BCUT2D eigenvalue weighted by Crippen LogP contribution is -2.14. The molecule has 13 aromatic rings. The Labute approximate surface area is 381 Å². The highest BCUT2D eigenvalue weighted by molar-refractivity contribution is 6.29. The number of aromatic nitrogens is 5. The van der Waals surface area contributed by atoms with E-state index < -0.39 is 0 Å². The smallest absolute Gasteiger partial charge is 0.235 e. The summed E-state index contributed by atoms with van der Waals surface area (Å²) in [6.07, 6.45) is 0. The van der Waals surface area contributed by atoms with Crippen LogP contribution in [0, 0.1) is 0 Å². The van der Waals surface area contributed by atoms with Gasteiger partial charge in [0.15, 0.2) is 0 Å². The second kappa shape index (κ2) is 13.7. The number of rotatable bonds is 5. The fraction of sp³-hybridized carbons (Fsp3) is 0.0492. The molecule has 66 heavy (non-hydrogen) atoms. The minimum absolute atomic E-state index is 0.0546. The average molecular weight is 844 g/mol. The highest BCUT2D eigenvalue weighted by Crippen LogP contribution is 2.50. The van der Waals surface area contributed by atoms with Crippen LogP contribution in [0.4, 0.5) is 0 Å². The maximum atomic E-state index is 5.33. The molecule has 310 valence electrons. The summed E-state index contributed by atoms with van der Waals surface area (Å²) in [4.78, 5) is 10.7. The summed E-state index contributed by atoms with van der Waals surface area (Å²) in [5.74, 6) is 0.633. The molecule has 0 atom stereocenters. The minimum Gasteiger partial charge on any atom is -0.309 e. The summed E-state index contributed by atoms with van der Waals surface area (Å²) in [6, 6.07) is 76.9. The highest BCUT2D eigenvalue weighted by atomic mass is 15.2.